The van der Waals surface area contributed by atoms with Crippen molar-refractivity contribution in [3.05, 3.63) is 204 Å². The average molecular weight is 730 g/mol. The molecule has 0 saturated heterocycles. The third-order valence-corrected chi connectivity index (χ3v) is 11.6. The first kappa shape index (κ1) is 38.0. The topological polar surface area (TPSA) is 0 Å². The summed E-state index contributed by atoms with van der Waals surface area (Å²) in [6, 6.07) is 62.9. The second kappa shape index (κ2) is 16.7. The maximum absolute atomic E-state index is 4.61. The van der Waals surface area contributed by atoms with Crippen LogP contribution in [0.5, 0.6) is 0 Å². The molecule has 3 heteroatoms. The van der Waals surface area contributed by atoms with E-state index in [0.29, 0.717) is 0 Å². The maximum atomic E-state index is 4.61. The van der Waals surface area contributed by atoms with Crippen LogP contribution >= 0.6 is 0 Å². The van der Waals surface area contributed by atoms with E-state index in [-0.39, 0.29) is 13.4 Å². The molecule has 0 saturated carbocycles. The summed E-state index contributed by atoms with van der Waals surface area (Å²) in [5.41, 5.74) is 23.6. The van der Waals surface area contributed by atoms with Gasteiger partial charge in [-0.3, -0.25) is 0 Å². The van der Waals surface area contributed by atoms with Gasteiger partial charge >= 0.3 is 309 Å². The van der Waals surface area contributed by atoms with Gasteiger partial charge in [-0.15, -0.1) is 0 Å². The van der Waals surface area contributed by atoms with Gasteiger partial charge in [0.15, 0.2) is 0 Å². The molecule has 57 heavy (non-hydrogen) atoms. The first-order chi connectivity index (χ1) is 28.1. The maximum Gasteiger partial charge on any atom is -0.0590 e. The van der Waals surface area contributed by atoms with Crippen molar-refractivity contribution in [1.82, 2.24) is 0 Å². The minimum absolute atomic E-state index is 0.231. The monoisotopic (exact) mass is 730 g/mol. The third kappa shape index (κ3) is 6.95. The minimum atomic E-state index is 0.231. The average Bonchev–Trinajstić information content (AvgIpc) is 3.91. The van der Waals surface area contributed by atoms with E-state index in [2.05, 4.69) is 204 Å². The zero-order chi connectivity index (χ0) is 39.5. The molecule has 0 amide bonds. The number of rotatable bonds is 5. The molecular formula is C54H49B3. The first-order valence-electron chi connectivity index (χ1n) is 20.8. The van der Waals surface area contributed by atoms with Crippen LogP contribution in [0.15, 0.2) is 182 Å². The third-order valence-electron chi connectivity index (χ3n) is 11.6. The number of fused-ring (bicyclic) bond motifs is 7. The second-order valence-corrected chi connectivity index (χ2v) is 15.2. The predicted molar refractivity (Wildman–Crippen MR) is 255 cm³/mol. The fraction of sp³-hybridized carbons (Fsp3) is 0.130. The van der Waals surface area contributed by atoms with Gasteiger partial charge < -0.3 is 0 Å². The van der Waals surface area contributed by atoms with Crippen molar-refractivity contribution in [2.45, 2.75) is 47.5 Å². The molecule has 0 radical (unpaired) electrons. The molecule has 0 nitrogen and oxygen atoms in total. The van der Waals surface area contributed by atoms with Crippen LogP contribution in [0.2, 0.25) is 0 Å². The van der Waals surface area contributed by atoms with Gasteiger partial charge in [-0.05, 0) is 0 Å². The Morgan fingerprint density at radius 2 is 0.842 bits per heavy atom. The number of allylic oxidation sites excluding steroid dienone is 2. The Morgan fingerprint density at radius 3 is 1.26 bits per heavy atom. The summed E-state index contributed by atoms with van der Waals surface area (Å²) in [4.78, 5) is 0. The number of hydrogen-bond acceptors (Lipinski definition) is 0. The predicted octanol–water partition coefficient (Wildman–Crippen LogP) is 9.05. The number of hydrogen-bond donors (Lipinski definition) is 0. The quantitative estimate of drug-likeness (QED) is 0.155. The molecule has 2 heterocycles. The SMILES string of the molecule is C=C1Cc2ccccc2/C1=C(/B=C(C)c1ccc(B2c3ccccc3-c3ccccc32)cc1)c1ccc(B2c3ccccc3-c3ccccc32)cc1.CC.CCC. The molecular weight excluding hydrogens is 681 g/mol. The molecule has 3 aliphatic rings. The summed E-state index contributed by atoms with van der Waals surface area (Å²) in [5.74, 6) is 0. The molecule has 0 fully saturated rings. The van der Waals surface area contributed by atoms with Gasteiger partial charge in [-0.1, -0.05) is 34.1 Å². The van der Waals surface area contributed by atoms with E-state index in [0.717, 1.165) is 6.42 Å². The molecule has 7 aromatic carbocycles. The molecule has 0 aromatic heterocycles. The molecule has 1 aliphatic carbocycles. The van der Waals surface area contributed by atoms with Crippen molar-refractivity contribution < 1.29 is 0 Å². The van der Waals surface area contributed by atoms with Crippen molar-refractivity contribution in [3.63, 3.8) is 0 Å². The van der Waals surface area contributed by atoms with Crippen LogP contribution < -0.4 is 32.8 Å². The van der Waals surface area contributed by atoms with Gasteiger partial charge in [-0.25, -0.2) is 0 Å². The Morgan fingerprint density at radius 1 is 0.491 bits per heavy atom. The van der Waals surface area contributed by atoms with Gasteiger partial charge in [0.25, 0.3) is 0 Å². The van der Waals surface area contributed by atoms with E-state index >= 15 is 0 Å². The Labute approximate surface area is 342 Å². The molecule has 274 valence electrons. The molecule has 7 aromatic rings. The molecule has 0 unspecified atom stereocenters. The summed E-state index contributed by atoms with van der Waals surface area (Å²) in [6.07, 6.45) is 2.13. The normalized spacial score (nSPS) is 13.8. The second-order valence-electron chi connectivity index (χ2n) is 15.2. The zero-order valence-electron chi connectivity index (χ0n) is 34.0. The van der Waals surface area contributed by atoms with Crippen molar-refractivity contribution in [2.24, 2.45) is 0 Å². The van der Waals surface area contributed by atoms with Gasteiger partial charge in [0.1, 0.15) is 0 Å². The fourth-order valence-electron chi connectivity index (χ4n) is 9.19. The summed E-state index contributed by atoms with van der Waals surface area (Å²) in [6.45, 7) is 18.0. The molecule has 0 atom stereocenters. The summed E-state index contributed by atoms with van der Waals surface area (Å²) >= 11 is 0. The van der Waals surface area contributed by atoms with Crippen LogP contribution in [0.3, 0.4) is 0 Å². The Hall–Kier alpha value is -5.92. The summed E-state index contributed by atoms with van der Waals surface area (Å²) in [5, 5.41) is 0. The van der Waals surface area contributed by atoms with Gasteiger partial charge in [0.05, 0.1) is 0 Å². The van der Waals surface area contributed by atoms with Crippen LogP contribution in [0, 0.1) is 0 Å². The van der Waals surface area contributed by atoms with Crippen molar-refractivity contribution >= 4 is 69.6 Å². The summed E-state index contributed by atoms with van der Waals surface area (Å²) < 4.78 is 0. The first-order valence-corrected chi connectivity index (χ1v) is 20.8. The van der Waals surface area contributed by atoms with E-state index in [4.69, 9.17) is 0 Å². The number of benzene rings is 7. The van der Waals surface area contributed by atoms with Crippen LogP contribution in [-0.2, 0) is 6.42 Å². The Kier molecular flexibility index (Phi) is 11.1. The Bertz CT molecular complexity index is 2550. The van der Waals surface area contributed by atoms with Gasteiger partial charge in [0, 0.05) is 0 Å². The molecule has 0 spiro atoms. The smallest absolute Gasteiger partial charge is 0.0590 e. The van der Waals surface area contributed by atoms with E-state index in [1.165, 1.54) is 106 Å². The van der Waals surface area contributed by atoms with Gasteiger partial charge in [0.2, 0.25) is 0 Å². The van der Waals surface area contributed by atoms with Crippen LogP contribution in [-0.4, -0.2) is 25.8 Å². The van der Waals surface area contributed by atoms with E-state index in [1.807, 2.05) is 13.8 Å². The van der Waals surface area contributed by atoms with Gasteiger partial charge in [-0.2, -0.15) is 0 Å². The van der Waals surface area contributed by atoms with Crippen molar-refractivity contribution in [2.75, 3.05) is 0 Å². The molecule has 2 aliphatic heterocycles. The fourth-order valence-corrected chi connectivity index (χ4v) is 9.19. The van der Waals surface area contributed by atoms with Crippen LogP contribution in [0.25, 0.3) is 33.3 Å². The Balaban J connectivity index is 0.000000871. The standard InChI is InChI=1S/C49H35B3.C3H8.C2H6/c1-32-31-36-13-3-4-14-39(36)48(32)49(35-25-29-38(30-26-35)52-46-21-11-7-17-42(46)43-18-8-12-22-47(43)52)50-33(2)34-23-27-37(28-24-34)51-44-19-9-5-15-40(44)41-16-6-10-20-45(41)51;1-3-2;1-2/h3-30H,1,31H2,2H3;3H2,1-2H3;1-2H3/b49-48+;;. The molecule has 10 rings (SSSR count). The van der Waals surface area contributed by atoms with Crippen molar-refractivity contribution in [1.29, 1.82) is 0 Å². The van der Waals surface area contributed by atoms with Crippen LogP contribution in [0.1, 0.15) is 63.3 Å². The van der Waals surface area contributed by atoms with Crippen molar-refractivity contribution in [3.8, 4) is 22.3 Å². The van der Waals surface area contributed by atoms with E-state index in [1.54, 1.807) is 0 Å². The zero-order valence-corrected chi connectivity index (χ0v) is 34.0. The molecule has 0 bridgehead atoms. The van der Waals surface area contributed by atoms with Crippen LogP contribution in [0.4, 0.5) is 0 Å². The summed E-state index contributed by atoms with van der Waals surface area (Å²) in [7, 11) is 0. The minimum Gasteiger partial charge on any atom is -0.0683 e. The molecule has 0 N–H and O–H groups in total. The van der Waals surface area contributed by atoms with E-state index < -0.39 is 0 Å². The van der Waals surface area contributed by atoms with E-state index in [9.17, 15) is 0 Å². The largest absolute Gasteiger partial charge is 0.0683 e.